The minimum Gasteiger partial charge on any atom is -0.0961 e. The highest BCUT2D eigenvalue weighted by atomic mass is 14.0. The van der Waals surface area contributed by atoms with Crippen LogP contribution in [0.3, 0.4) is 0 Å². The lowest BCUT2D eigenvalue weighted by Crippen LogP contribution is -1.87. The largest absolute Gasteiger partial charge is 0.0961 e. The predicted octanol–water partition coefficient (Wildman–Crippen LogP) is 3.55. The van der Waals surface area contributed by atoms with E-state index in [9.17, 15) is 0 Å². The third kappa shape index (κ3) is 5.61. The first-order valence-corrected chi connectivity index (χ1v) is 3.85. The Labute approximate surface area is 64.6 Å². The zero-order valence-electron chi connectivity index (χ0n) is 7.57. The van der Waals surface area contributed by atoms with Crippen LogP contribution in [0, 0.1) is 5.92 Å². The van der Waals surface area contributed by atoms with Crippen molar-refractivity contribution in [2.24, 2.45) is 5.92 Å². The van der Waals surface area contributed by atoms with E-state index in [2.05, 4.69) is 33.4 Å². The van der Waals surface area contributed by atoms with Gasteiger partial charge in [0.2, 0.25) is 0 Å². The van der Waals surface area contributed by atoms with Gasteiger partial charge in [-0.3, -0.25) is 0 Å². The van der Waals surface area contributed by atoms with Crippen LogP contribution >= 0.6 is 0 Å². The molecule has 0 nitrogen and oxygen atoms in total. The van der Waals surface area contributed by atoms with Crippen molar-refractivity contribution in [2.45, 2.75) is 34.1 Å². The summed E-state index contributed by atoms with van der Waals surface area (Å²) in [7, 11) is 0. The van der Waals surface area contributed by atoms with Gasteiger partial charge in [-0.2, -0.15) is 0 Å². The van der Waals surface area contributed by atoms with Crippen LogP contribution in [0.5, 0.6) is 0 Å². The molecule has 0 rings (SSSR count). The van der Waals surface area contributed by atoms with E-state index in [-0.39, 0.29) is 0 Å². The van der Waals surface area contributed by atoms with Crippen LogP contribution in [0.4, 0.5) is 0 Å². The Morgan fingerprint density at radius 3 is 2.20 bits per heavy atom. The van der Waals surface area contributed by atoms with Crippen LogP contribution in [0.25, 0.3) is 0 Å². The molecule has 0 aliphatic carbocycles. The number of hydrogen-bond acceptors (Lipinski definition) is 0. The molecule has 0 heterocycles. The van der Waals surface area contributed by atoms with Gasteiger partial charge in [-0.25, -0.2) is 0 Å². The highest BCUT2D eigenvalue weighted by Crippen LogP contribution is 2.10. The summed E-state index contributed by atoms with van der Waals surface area (Å²) in [6, 6.07) is 0. The number of allylic oxidation sites excluding steroid dienone is 3. The molecule has 0 bridgehead atoms. The molecule has 0 aliphatic rings. The van der Waals surface area contributed by atoms with Crippen molar-refractivity contribution < 1.29 is 0 Å². The Hall–Kier alpha value is -0.520. The molecule has 0 aromatic heterocycles. The van der Waals surface area contributed by atoms with Crippen molar-refractivity contribution in [3.63, 3.8) is 0 Å². The molecular weight excluding hydrogens is 120 g/mol. The third-order valence-electron chi connectivity index (χ3n) is 1.22. The molecule has 10 heavy (non-hydrogen) atoms. The van der Waals surface area contributed by atoms with E-state index in [1.165, 1.54) is 12.0 Å². The molecule has 0 heteroatoms. The van der Waals surface area contributed by atoms with Gasteiger partial charge in [-0.1, -0.05) is 37.6 Å². The second-order valence-corrected chi connectivity index (χ2v) is 3.44. The third-order valence-corrected chi connectivity index (χ3v) is 1.22. The van der Waals surface area contributed by atoms with Crippen molar-refractivity contribution in [2.75, 3.05) is 0 Å². The first-order valence-electron chi connectivity index (χ1n) is 3.85. The predicted molar refractivity (Wildman–Crippen MR) is 48.0 cm³/mol. The van der Waals surface area contributed by atoms with Crippen LogP contribution in [0.15, 0.2) is 23.8 Å². The topological polar surface area (TPSA) is 0 Å². The Morgan fingerprint density at radius 1 is 1.40 bits per heavy atom. The summed E-state index contributed by atoms with van der Waals surface area (Å²) in [5, 5.41) is 0. The van der Waals surface area contributed by atoms with Crippen molar-refractivity contribution in [3.8, 4) is 0 Å². The van der Waals surface area contributed by atoms with Crippen molar-refractivity contribution >= 4 is 0 Å². The second-order valence-electron chi connectivity index (χ2n) is 3.44. The summed E-state index contributed by atoms with van der Waals surface area (Å²) in [5.74, 6) is 0.760. The Bertz CT molecular complexity index is 138. The van der Waals surface area contributed by atoms with Gasteiger partial charge in [0.15, 0.2) is 0 Å². The van der Waals surface area contributed by atoms with Crippen LogP contribution in [-0.2, 0) is 0 Å². The van der Waals surface area contributed by atoms with E-state index in [1.807, 2.05) is 6.92 Å². The van der Waals surface area contributed by atoms with E-state index >= 15 is 0 Å². The molecule has 0 amide bonds. The smallest absolute Gasteiger partial charge is 0.0297 e. The average Bonchev–Trinajstić information content (AvgIpc) is 1.58. The van der Waals surface area contributed by atoms with Gasteiger partial charge in [0, 0.05) is 0 Å². The molecule has 0 aliphatic heterocycles. The fourth-order valence-electron chi connectivity index (χ4n) is 1.12. The molecule has 0 saturated carbocycles. The van der Waals surface area contributed by atoms with E-state index in [0.29, 0.717) is 0 Å². The standard InChI is InChI=1S/C10H18/c1-8(2)6-10(5)7-9(3)4/h6,9H,1,7H2,2-5H3/b10-6+. The molecule has 0 spiro atoms. The molecule has 0 radical (unpaired) electrons. The summed E-state index contributed by atoms with van der Waals surface area (Å²) >= 11 is 0. The lowest BCUT2D eigenvalue weighted by molar-refractivity contribution is 0.642. The SMILES string of the molecule is C=C(C)/C=C(\C)CC(C)C. The highest BCUT2D eigenvalue weighted by Gasteiger charge is 1.94. The number of rotatable bonds is 3. The Balaban J connectivity index is 3.83. The maximum atomic E-state index is 3.83. The minimum atomic E-state index is 0.760. The minimum absolute atomic E-state index is 0.760. The Kier molecular flexibility index (Phi) is 4.10. The molecular formula is C10H18. The van der Waals surface area contributed by atoms with E-state index in [4.69, 9.17) is 0 Å². The van der Waals surface area contributed by atoms with Gasteiger partial charge in [0.25, 0.3) is 0 Å². The van der Waals surface area contributed by atoms with Gasteiger partial charge in [-0.05, 0) is 26.2 Å². The van der Waals surface area contributed by atoms with E-state index in [0.717, 1.165) is 11.5 Å². The van der Waals surface area contributed by atoms with Gasteiger partial charge in [0.05, 0.1) is 0 Å². The first kappa shape index (κ1) is 9.48. The summed E-state index contributed by atoms with van der Waals surface area (Å²) in [4.78, 5) is 0. The van der Waals surface area contributed by atoms with Gasteiger partial charge in [-0.15, -0.1) is 0 Å². The normalized spacial score (nSPS) is 12.3. The molecule has 0 unspecified atom stereocenters. The Morgan fingerprint density at radius 2 is 1.90 bits per heavy atom. The van der Waals surface area contributed by atoms with Gasteiger partial charge in [0.1, 0.15) is 0 Å². The molecule has 0 N–H and O–H groups in total. The summed E-state index contributed by atoms with van der Waals surface area (Å²) in [6.45, 7) is 12.5. The maximum Gasteiger partial charge on any atom is -0.0297 e. The van der Waals surface area contributed by atoms with Crippen LogP contribution < -0.4 is 0 Å². The zero-order valence-corrected chi connectivity index (χ0v) is 7.57. The highest BCUT2D eigenvalue weighted by molar-refractivity contribution is 5.17. The fourth-order valence-corrected chi connectivity index (χ4v) is 1.12. The molecule has 0 atom stereocenters. The van der Waals surface area contributed by atoms with Crippen LogP contribution in [0.2, 0.25) is 0 Å². The van der Waals surface area contributed by atoms with Crippen molar-refractivity contribution in [1.29, 1.82) is 0 Å². The van der Waals surface area contributed by atoms with Crippen LogP contribution in [0.1, 0.15) is 34.1 Å². The lowest BCUT2D eigenvalue weighted by Gasteiger charge is -2.03. The number of hydrogen-bond donors (Lipinski definition) is 0. The summed E-state index contributed by atoms with van der Waals surface area (Å²) in [6.07, 6.45) is 3.34. The molecule has 0 aromatic carbocycles. The van der Waals surface area contributed by atoms with Gasteiger partial charge >= 0.3 is 0 Å². The molecule has 0 aromatic rings. The average molecular weight is 138 g/mol. The maximum absolute atomic E-state index is 3.83. The van der Waals surface area contributed by atoms with Crippen LogP contribution in [-0.4, -0.2) is 0 Å². The molecule has 58 valence electrons. The summed E-state index contributed by atoms with van der Waals surface area (Å²) in [5.41, 5.74) is 2.58. The quantitative estimate of drug-likeness (QED) is 0.523. The van der Waals surface area contributed by atoms with Crippen molar-refractivity contribution in [3.05, 3.63) is 23.8 Å². The molecule has 0 fully saturated rings. The van der Waals surface area contributed by atoms with Gasteiger partial charge < -0.3 is 0 Å². The fraction of sp³-hybridized carbons (Fsp3) is 0.600. The monoisotopic (exact) mass is 138 g/mol. The van der Waals surface area contributed by atoms with E-state index < -0.39 is 0 Å². The van der Waals surface area contributed by atoms with Crippen molar-refractivity contribution in [1.82, 2.24) is 0 Å². The van der Waals surface area contributed by atoms with E-state index in [1.54, 1.807) is 0 Å². The second kappa shape index (κ2) is 4.32. The lowest BCUT2D eigenvalue weighted by atomic mass is 10.0. The summed E-state index contributed by atoms with van der Waals surface area (Å²) < 4.78 is 0. The molecule has 0 saturated heterocycles. The zero-order chi connectivity index (χ0) is 8.15. The first-order chi connectivity index (χ1) is 4.52.